The second-order valence-electron chi connectivity index (χ2n) is 9.22. The Labute approximate surface area is 203 Å². The summed E-state index contributed by atoms with van der Waals surface area (Å²) in [4.78, 5) is 36.8. The maximum absolute atomic E-state index is 12.9. The third-order valence-electron chi connectivity index (χ3n) is 6.84. The summed E-state index contributed by atoms with van der Waals surface area (Å²) in [7, 11) is 0. The van der Waals surface area contributed by atoms with Crippen LogP contribution in [0.4, 0.5) is 0 Å². The molecule has 2 atom stereocenters. The molecule has 3 aromatic heterocycles. The smallest absolute Gasteiger partial charge is 0.173 e. The van der Waals surface area contributed by atoms with Gasteiger partial charge in [-0.05, 0) is 74.6 Å². The van der Waals surface area contributed by atoms with Crippen molar-refractivity contribution in [1.29, 1.82) is 0 Å². The van der Waals surface area contributed by atoms with Crippen molar-refractivity contribution in [2.75, 3.05) is 0 Å². The Kier molecular flexibility index (Phi) is 6.42. The SMILES string of the molecule is CCC(=O)c1ccc2c(c1)nc(-c1ccccn1)n2[C@@H]1CCC[C@@H](CC(=O)c2ccc(C)s2)C1. The van der Waals surface area contributed by atoms with Crippen molar-refractivity contribution in [3.8, 4) is 11.5 Å². The zero-order valence-corrected chi connectivity index (χ0v) is 20.5. The van der Waals surface area contributed by atoms with Crippen LogP contribution in [0, 0.1) is 12.8 Å². The summed E-state index contributed by atoms with van der Waals surface area (Å²) in [6, 6.07) is 15.9. The fraction of sp³-hybridized carbons (Fsp3) is 0.357. The Hall–Kier alpha value is -3.12. The molecular weight excluding hydrogens is 442 g/mol. The molecular formula is C28H29N3O2S. The molecule has 0 unspecified atom stereocenters. The van der Waals surface area contributed by atoms with E-state index in [1.807, 2.05) is 62.4 Å². The summed E-state index contributed by atoms with van der Waals surface area (Å²) in [5.41, 5.74) is 3.38. The van der Waals surface area contributed by atoms with Gasteiger partial charge >= 0.3 is 0 Å². The second-order valence-corrected chi connectivity index (χ2v) is 10.5. The molecule has 1 aliphatic carbocycles. The van der Waals surface area contributed by atoms with Gasteiger partial charge in [0, 0.05) is 35.5 Å². The largest absolute Gasteiger partial charge is 0.320 e. The molecule has 0 radical (unpaired) electrons. The number of rotatable bonds is 7. The lowest BCUT2D eigenvalue weighted by Crippen LogP contribution is -2.22. The highest BCUT2D eigenvalue weighted by molar-refractivity contribution is 7.14. The first kappa shape index (κ1) is 22.7. The number of carbonyl (C=O) groups is 2. The van der Waals surface area contributed by atoms with Crippen molar-refractivity contribution >= 4 is 33.9 Å². The number of aromatic nitrogens is 3. The van der Waals surface area contributed by atoms with Crippen LogP contribution >= 0.6 is 11.3 Å². The predicted molar refractivity (Wildman–Crippen MR) is 137 cm³/mol. The van der Waals surface area contributed by atoms with Crippen LogP contribution in [0.25, 0.3) is 22.6 Å². The van der Waals surface area contributed by atoms with E-state index in [2.05, 4.69) is 9.55 Å². The standard InChI is InChI=1S/C28H29N3O2S/c1-3-25(32)20-11-12-24-23(17-20)30-28(22-9-4-5-14-29-22)31(24)21-8-6-7-19(15-21)16-26(33)27-13-10-18(2)34-27/h4-5,9-14,17,19,21H,3,6-8,15-16H2,1-2H3/t19-,21-/m1/s1. The third-order valence-corrected chi connectivity index (χ3v) is 7.88. The highest BCUT2D eigenvalue weighted by Gasteiger charge is 2.29. The quantitative estimate of drug-likeness (QED) is 0.271. The fourth-order valence-electron chi connectivity index (χ4n) is 5.15. The average Bonchev–Trinajstić information content (AvgIpc) is 3.47. The van der Waals surface area contributed by atoms with E-state index < -0.39 is 0 Å². The van der Waals surface area contributed by atoms with Gasteiger partial charge in [0.05, 0.1) is 15.9 Å². The van der Waals surface area contributed by atoms with E-state index in [0.717, 1.165) is 53.1 Å². The van der Waals surface area contributed by atoms with Crippen molar-refractivity contribution in [3.63, 3.8) is 0 Å². The molecule has 0 bridgehead atoms. The number of imidazole rings is 1. The summed E-state index contributed by atoms with van der Waals surface area (Å²) in [6.07, 6.45) is 7.00. The third kappa shape index (κ3) is 4.47. The van der Waals surface area contributed by atoms with E-state index in [-0.39, 0.29) is 17.6 Å². The number of carbonyl (C=O) groups excluding carboxylic acids is 2. The normalized spacial score (nSPS) is 18.3. The number of fused-ring (bicyclic) bond motifs is 1. The molecule has 174 valence electrons. The lowest BCUT2D eigenvalue weighted by molar-refractivity contribution is 0.0944. The Bertz CT molecular complexity index is 1340. The van der Waals surface area contributed by atoms with Gasteiger partial charge < -0.3 is 4.57 Å². The number of hydrogen-bond donors (Lipinski definition) is 0. The molecule has 5 rings (SSSR count). The Morgan fingerprint density at radius 2 is 1.97 bits per heavy atom. The summed E-state index contributed by atoms with van der Waals surface area (Å²) < 4.78 is 2.31. The van der Waals surface area contributed by atoms with Crippen LogP contribution in [-0.2, 0) is 0 Å². The molecule has 0 N–H and O–H groups in total. The number of pyridine rings is 1. The number of Topliss-reactive ketones (excluding diaryl/α,β-unsaturated/α-hetero) is 2. The monoisotopic (exact) mass is 471 g/mol. The summed E-state index contributed by atoms with van der Waals surface area (Å²) in [6.45, 7) is 3.92. The number of hydrogen-bond acceptors (Lipinski definition) is 5. The van der Waals surface area contributed by atoms with E-state index >= 15 is 0 Å². The minimum Gasteiger partial charge on any atom is -0.320 e. The van der Waals surface area contributed by atoms with Crippen LogP contribution in [0.2, 0.25) is 0 Å². The number of ketones is 2. The summed E-state index contributed by atoms with van der Waals surface area (Å²) in [5.74, 6) is 1.56. The van der Waals surface area contributed by atoms with E-state index in [0.29, 0.717) is 24.3 Å². The average molecular weight is 472 g/mol. The van der Waals surface area contributed by atoms with E-state index in [1.165, 1.54) is 4.88 Å². The molecule has 4 aromatic rings. The lowest BCUT2D eigenvalue weighted by Gasteiger charge is -2.31. The van der Waals surface area contributed by atoms with Gasteiger partial charge in [0.15, 0.2) is 17.4 Å². The molecule has 6 heteroatoms. The van der Waals surface area contributed by atoms with Crippen molar-refractivity contribution in [1.82, 2.24) is 14.5 Å². The highest BCUT2D eigenvalue weighted by atomic mass is 32.1. The van der Waals surface area contributed by atoms with Crippen molar-refractivity contribution in [3.05, 3.63) is 70.0 Å². The van der Waals surface area contributed by atoms with Crippen molar-refractivity contribution in [2.45, 2.75) is 58.4 Å². The first-order valence-electron chi connectivity index (χ1n) is 12.1. The van der Waals surface area contributed by atoms with E-state index in [1.54, 1.807) is 17.5 Å². The zero-order chi connectivity index (χ0) is 23.7. The number of thiophene rings is 1. The maximum atomic E-state index is 12.9. The zero-order valence-electron chi connectivity index (χ0n) is 19.7. The predicted octanol–water partition coefficient (Wildman–Crippen LogP) is 7.07. The minimum absolute atomic E-state index is 0.121. The molecule has 1 saturated carbocycles. The van der Waals surface area contributed by atoms with Crippen LogP contribution in [0.3, 0.4) is 0 Å². The lowest BCUT2D eigenvalue weighted by atomic mass is 9.82. The number of nitrogens with zero attached hydrogens (tertiary/aromatic N) is 3. The molecule has 5 nitrogen and oxygen atoms in total. The molecule has 34 heavy (non-hydrogen) atoms. The van der Waals surface area contributed by atoms with Crippen LogP contribution in [0.15, 0.2) is 54.7 Å². The van der Waals surface area contributed by atoms with Gasteiger partial charge in [0.1, 0.15) is 5.69 Å². The highest BCUT2D eigenvalue weighted by Crippen LogP contribution is 2.39. The van der Waals surface area contributed by atoms with Gasteiger partial charge in [0.25, 0.3) is 0 Å². The van der Waals surface area contributed by atoms with E-state index in [9.17, 15) is 9.59 Å². The topological polar surface area (TPSA) is 64.8 Å². The Morgan fingerprint density at radius 3 is 2.71 bits per heavy atom. The van der Waals surface area contributed by atoms with Crippen molar-refractivity contribution < 1.29 is 9.59 Å². The van der Waals surface area contributed by atoms with Gasteiger partial charge in [-0.15, -0.1) is 11.3 Å². The van der Waals surface area contributed by atoms with Crippen LogP contribution in [0.5, 0.6) is 0 Å². The van der Waals surface area contributed by atoms with Gasteiger partial charge in [-0.25, -0.2) is 4.98 Å². The van der Waals surface area contributed by atoms with Gasteiger partial charge in [-0.1, -0.05) is 19.4 Å². The molecule has 0 spiro atoms. The molecule has 0 saturated heterocycles. The summed E-state index contributed by atoms with van der Waals surface area (Å²) in [5, 5.41) is 0. The minimum atomic E-state index is 0.121. The number of benzene rings is 1. The van der Waals surface area contributed by atoms with Crippen LogP contribution in [0.1, 0.15) is 76.4 Å². The first-order valence-corrected chi connectivity index (χ1v) is 12.9. The Balaban J connectivity index is 1.49. The molecule has 1 aromatic carbocycles. The van der Waals surface area contributed by atoms with Crippen LogP contribution in [-0.4, -0.2) is 26.1 Å². The van der Waals surface area contributed by atoms with Crippen molar-refractivity contribution in [2.24, 2.45) is 5.92 Å². The molecule has 3 heterocycles. The molecule has 1 fully saturated rings. The Morgan fingerprint density at radius 1 is 1.09 bits per heavy atom. The second kappa shape index (κ2) is 9.63. The maximum Gasteiger partial charge on any atom is 0.173 e. The van der Waals surface area contributed by atoms with Crippen LogP contribution < -0.4 is 0 Å². The van der Waals surface area contributed by atoms with Gasteiger partial charge in [-0.2, -0.15) is 0 Å². The molecule has 1 aliphatic rings. The number of aryl methyl sites for hydroxylation is 1. The molecule has 0 amide bonds. The van der Waals surface area contributed by atoms with E-state index in [4.69, 9.17) is 4.98 Å². The van der Waals surface area contributed by atoms with Gasteiger partial charge in [-0.3, -0.25) is 14.6 Å². The summed E-state index contributed by atoms with van der Waals surface area (Å²) >= 11 is 1.59. The fourth-order valence-corrected chi connectivity index (χ4v) is 5.97. The van der Waals surface area contributed by atoms with Gasteiger partial charge in [0.2, 0.25) is 0 Å². The first-order chi connectivity index (χ1) is 16.5. The molecule has 0 aliphatic heterocycles.